The van der Waals surface area contributed by atoms with Gasteiger partial charge >= 0.3 is 0 Å². The molecule has 0 spiro atoms. The third kappa shape index (κ3) is 0.886. The molecule has 1 aliphatic heterocycles. The van der Waals surface area contributed by atoms with Gasteiger partial charge in [0.15, 0.2) is 0 Å². The van der Waals surface area contributed by atoms with Crippen LogP contribution >= 0.6 is 0 Å². The molecule has 0 fully saturated rings. The minimum atomic E-state index is -0.105. The quantitative estimate of drug-likeness (QED) is 0.465. The second-order valence-electron chi connectivity index (χ2n) is 2.04. The number of nitrogens with two attached hydrogens (primary N) is 1. The fourth-order valence-corrected chi connectivity index (χ4v) is 0.642. The zero-order chi connectivity index (χ0) is 7.72. The first kappa shape index (κ1) is 6.82. The van der Waals surface area contributed by atoms with E-state index in [-0.39, 0.29) is 5.91 Å². The van der Waals surface area contributed by atoms with Crippen molar-refractivity contribution in [2.24, 2.45) is 5.84 Å². The number of rotatable bonds is 0. The molecule has 0 aromatic rings. The molecular weight excluding hydrogens is 130 g/mol. The predicted octanol–water partition coefficient (Wildman–Crippen LogP) is -0.381. The normalized spacial score (nSPS) is 18.6. The van der Waals surface area contributed by atoms with Gasteiger partial charge in [0.2, 0.25) is 0 Å². The molecule has 1 amide bonds. The van der Waals surface area contributed by atoms with Gasteiger partial charge in [-0.2, -0.15) is 0 Å². The second kappa shape index (κ2) is 2.15. The molecule has 0 atom stereocenters. The Morgan fingerprint density at radius 2 is 2.30 bits per heavy atom. The van der Waals surface area contributed by atoms with Crippen molar-refractivity contribution in [3.05, 3.63) is 24.7 Å². The smallest absolute Gasteiger partial charge is 0.253 e. The molecule has 1 heterocycles. The van der Waals surface area contributed by atoms with E-state index in [1.54, 1.807) is 7.05 Å². The van der Waals surface area contributed by atoms with Crippen LogP contribution in [0, 0.1) is 0 Å². The Bertz CT molecular complexity index is 209. The van der Waals surface area contributed by atoms with Crippen LogP contribution in [0.4, 0.5) is 0 Å². The number of hydrazine groups is 1. The first-order chi connectivity index (χ1) is 4.63. The zero-order valence-corrected chi connectivity index (χ0v) is 5.74. The molecule has 0 unspecified atom stereocenters. The van der Waals surface area contributed by atoms with Crippen LogP contribution in [0.15, 0.2) is 24.7 Å². The summed E-state index contributed by atoms with van der Waals surface area (Å²) in [4.78, 5) is 12.2. The lowest BCUT2D eigenvalue weighted by Crippen LogP contribution is -2.39. The number of likely N-dealkylation sites (N-methyl/N-ethyl adjacent to an activating group) is 1. The van der Waals surface area contributed by atoms with Crippen LogP contribution in [0.2, 0.25) is 0 Å². The van der Waals surface area contributed by atoms with E-state index in [4.69, 9.17) is 5.84 Å². The lowest BCUT2D eigenvalue weighted by Gasteiger charge is -2.27. The van der Waals surface area contributed by atoms with E-state index in [0.29, 0.717) is 5.82 Å². The lowest BCUT2D eigenvalue weighted by atomic mass is 10.4. The summed E-state index contributed by atoms with van der Waals surface area (Å²) in [6.07, 6.45) is 2.86. The average molecular weight is 139 g/mol. The van der Waals surface area contributed by atoms with Crippen LogP contribution in [0.1, 0.15) is 0 Å². The van der Waals surface area contributed by atoms with Crippen molar-refractivity contribution in [2.45, 2.75) is 0 Å². The van der Waals surface area contributed by atoms with Crippen LogP contribution in [-0.4, -0.2) is 22.9 Å². The molecular formula is C6H9N3O. The van der Waals surface area contributed by atoms with Crippen LogP contribution in [0.25, 0.3) is 0 Å². The van der Waals surface area contributed by atoms with E-state index in [0.717, 1.165) is 0 Å². The summed E-state index contributed by atoms with van der Waals surface area (Å²) in [6.45, 7) is 3.58. The summed E-state index contributed by atoms with van der Waals surface area (Å²) in [5.41, 5.74) is 0. The minimum Gasteiger partial charge on any atom is -0.297 e. The molecule has 1 aliphatic rings. The Morgan fingerprint density at radius 3 is 2.80 bits per heavy atom. The Labute approximate surface area is 59.2 Å². The van der Waals surface area contributed by atoms with Crippen molar-refractivity contribution in [1.82, 2.24) is 9.91 Å². The topological polar surface area (TPSA) is 49.6 Å². The zero-order valence-electron chi connectivity index (χ0n) is 5.74. The monoisotopic (exact) mass is 139 g/mol. The first-order valence-corrected chi connectivity index (χ1v) is 2.81. The highest BCUT2D eigenvalue weighted by Crippen LogP contribution is 2.08. The Balaban J connectivity index is 2.89. The highest BCUT2D eigenvalue weighted by molar-refractivity contribution is 5.89. The van der Waals surface area contributed by atoms with E-state index < -0.39 is 0 Å². The number of carbonyl (C=O) groups is 1. The van der Waals surface area contributed by atoms with Crippen molar-refractivity contribution < 1.29 is 4.79 Å². The summed E-state index contributed by atoms with van der Waals surface area (Å²) < 4.78 is 0. The fourth-order valence-electron chi connectivity index (χ4n) is 0.642. The first-order valence-electron chi connectivity index (χ1n) is 2.81. The van der Waals surface area contributed by atoms with Gasteiger partial charge in [-0.25, -0.2) is 5.84 Å². The molecule has 4 heteroatoms. The van der Waals surface area contributed by atoms with Gasteiger partial charge in [0.05, 0.1) is 0 Å². The fraction of sp³-hybridized carbons (Fsp3) is 0.167. The molecule has 0 saturated carbocycles. The van der Waals surface area contributed by atoms with Crippen molar-refractivity contribution in [3.8, 4) is 0 Å². The van der Waals surface area contributed by atoms with Crippen molar-refractivity contribution in [2.75, 3.05) is 7.05 Å². The van der Waals surface area contributed by atoms with Crippen molar-refractivity contribution in [1.29, 1.82) is 0 Å². The number of amides is 1. The second-order valence-corrected chi connectivity index (χ2v) is 2.04. The Kier molecular flexibility index (Phi) is 1.47. The Hall–Kier alpha value is -1.29. The molecule has 2 N–H and O–H groups in total. The molecule has 0 radical (unpaired) electrons. The van der Waals surface area contributed by atoms with E-state index in [2.05, 4.69) is 6.58 Å². The molecule has 0 aromatic heterocycles. The van der Waals surface area contributed by atoms with E-state index in [9.17, 15) is 4.79 Å². The molecule has 1 rings (SSSR count). The van der Waals surface area contributed by atoms with E-state index in [1.165, 1.54) is 22.2 Å². The summed E-state index contributed by atoms with van der Waals surface area (Å²) in [5, 5.41) is 1.29. The predicted molar refractivity (Wildman–Crippen MR) is 37.1 cm³/mol. The maximum atomic E-state index is 10.8. The van der Waals surface area contributed by atoms with Crippen molar-refractivity contribution in [3.63, 3.8) is 0 Å². The highest BCUT2D eigenvalue weighted by atomic mass is 16.2. The number of hydrogen-bond acceptors (Lipinski definition) is 3. The summed E-state index contributed by atoms with van der Waals surface area (Å²) >= 11 is 0. The summed E-state index contributed by atoms with van der Waals surface area (Å²) in [5.74, 6) is 5.76. The van der Waals surface area contributed by atoms with Gasteiger partial charge in [-0.3, -0.25) is 14.7 Å². The number of nitrogens with zero attached hydrogens (tertiary/aromatic N) is 2. The highest BCUT2D eigenvalue weighted by Gasteiger charge is 2.15. The van der Waals surface area contributed by atoms with Gasteiger partial charge in [-0.05, 0) is 0 Å². The molecule has 0 bridgehead atoms. The largest absolute Gasteiger partial charge is 0.297 e. The van der Waals surface area contributed by atoms with Gasteiger partial charge in [-0.1, -0.05) is 6.58 Å². The molecule has 54 valence electrons. The van der Waals surface area contributed by atoms with Gasteiger partial charge in [0.25, 0.3) is 5.91 Å². The van der Waals surface area contributed by atoms with Crippen LogP contribution in [-0.2, 0) is 4.79 Å². The van der Waals surface area contributed by atoms with E-state index >= 15 is 0 Å². The average Bonchev–Trinajstić information content (AvgIpc) is 1.93. The third-order valence-electron chi connectivity index (χ3n) is 1.39. The molecule has 0 aliphatic carbocycles. The minimum absolute atomic E-state index is 0.105. The van der Waals surface area contributed by atoms with E-state index in [1.807, 2.05) is 0 Å². The van der Waals surface area contributed by atoms with Gasteiger partial charge in [0, 0.05) is 19.3 Å². The van der Waals surface area contributed by atoms with Gasteiger partial charge in [-0.15, -0.1) is 0 Å². The van der Waals surface area contributed by atoms with Crippen LogP contribution in [0.3, 0.4) is 0 Å². The van der Waals surface area contributed by atoms with Crippen LogP contribution < -0.4 is 5.84 Å². The lowest BCUT2D eigenvalue weighted by molar-refractivity contribution is -0.124. The maximum absolute atomic E-state index is 10.8. The SMILES string of the molecule is C=C1N(N)C=CC(=O)N1C. The molecule has 0 aromatic carbocycles. The number of carbonyl (C=O) groups excluding carboxylic acids is 1. The van der Waals surface area contributed by atoms with Crippen molar-refractivity contribution >= 4 is 5.91 Å². The Morgan fingerprint density at radius 1 is 1.70 bits per heavy atom. The summed E-state index contributed by atoms with van der Waals surface area (Å²) in [7, 11) is 1.62. The van der Waals surface area contributed by atoms with Crippen LogP contribution in [0.5, 0.6) is 0 Å². The summed E-state index contributed by atoms with van der Waals surface area (Å²) in [6, 6.07) is 0. The standard InChI is InChI=1S/C6H9N3O/c1-5-8(2)6(10)3-4-9(5)7/h3-4H,1,7H2,2H3. The third-order valence-corrected chi connectivity index (χ3v) is 1.39. The molecule has 0 saturated heterocycles. The van der Waals surface area contributed by atoms with Gasteiger partial charge < -0.3 is 0 Å². The van der Waals surface area contributed by atoms with Gasteiger partial charge in [0.1, 0.15) is 5.82 Å². The maximum Gasteiger partial charge on any atom is 0.253 e. The molecule has 10 heavy (non-hydrogen) atoms. The number of hydrogen-bond donors (Lipinski definition) is 1. The molecule has 4 nitrogen and oxygen atoms in total.